The minimum atomic E-state index is -0.897. The lowest BCUT2D eigenvalue weighted by atomic mass is 10.3. The second kappa shape index (κ2) is 6.41. The highest BCUT2D eigenvalue weighted by Gasteiger charge is 2.17. The van der Waals surface area contributed by atoms with Crippen molar-refractivity contribution in [1.29, 1.82) is 0 Å². The van der Waals surface area contributed by atoms with E-state index in [1.165, 1.54) is 12.1 Å². The fourth-order valence-corrected chi connectivity index (χ4v) is 3.01. The number of aromatic nitrogens is 2. The molecule has 0 saturated heterocycles. The van der Waals surface area contributed by atoms with E-state index in [0.717, 1.165) is 0 Å². The molecule has 2 aromatic rings. The molecule has 0 amide bonds. The second-order valence-corrected chi connectivity index (χ2v) is 7.35. The Morgan fingerprint density at radius 1 is 1.50 bits per heavy atom. The van der Waals surface area contributed by atoms with Crippen LogP contribution in [0.1, 0.15) is 25.0 Å². The molecule has 0 saturated carbocycles. The van der Waals surface area contributed by atoms with Crippen LogP contribution in [0, 0.1) is 5.82 Å². The molecule has 20 heavy (non-hydrogen) atoms. The molecule has 0 N–H and O–H groups in total. The summed E-state index contributed by atoms with van der Waals surface area (Å²) >= 11 is 11.9. The van der Waals surface area contributed by atoms with Gasteiger partial charge in [-0.15, -0.1) is 11.6 Å². The summed E-state index contributed by atoms with van der Waals surface area (Å²) in [6.07, 6.45) is 0. The first-order chi connectivity index (χ1) is 9.43. The number of hydrogen-bond acceptors (Lipinski definition) is 2. The van der Waals surface area contributed by atoms with Gasteiger partial charge in [-0.05, 0) is 13.0 Å². The van der Waals surface area contributed by atoms with Gasteiger partial charge in [-0.1, -0.05) is 18.5 Å². The minimum Gasteiger partial charge on any atom is -0.326 e. The van der Waals surface area contributed by atoms with E-state index in [1.54, 1.807) is 6.92 Å². The van der Waals surface area contributed by atoms with E-state index in [4.69, 9.17) is 23.2 Å². The lowest BCUT2D eigenvalue weighted by Gasteiger charge is -2.10. The zero-order valence-corrected chi connectivity index (χ0v) is 13.5. The topological polar surface area (TPSA) is 34.9 Å². The molecule has 2 atom stereocenters. The molecular weight excluding hydrogens is 322 g/mol. The van der Waals surface area contributed by atoms with Crippen LogP contribution < -0.4 is 0 Å². The van der Waals surface area contributed by atoms with Crippen LogP contribution in [-0.4, -0.2) is 25.3 Å². The first-order valence-corrected chi connectivity index (χ1v) is 8.58. The van der Waals surface area contributed by atoms with Crippen LogP contribution >= 0.6 is 23.2 Å². The maximum atomic E-state index is 13.6. The molecule has 2 unspecified atom stereocenters. The fraction of sp³-hybridized carbons (Fsp3) is 0.462. The predicted molar refractivity (Wildman–Crippen MR) is 82.5 cm³/mol. The third-order valence-electron chi connectivity index (χ3n) is 3.04. The monoisotopic (exact) mass is 336 g/mol. The standard InChI is InChI=1S/C13H15Cl2FN2OS/c1-3-20(19)5-4-18-12-7-10(16)9(15)6-11(12)17-13(18)8(2)14/h6-8H,3-5H2,1-2H3. The normalized spacial score (nSPS) is 14.7. The molecule has 0 radical (unpaired) electrons. The average molecular weight is 337 g/mol. The molecule has 1 heterocycles. The van der Waals surface area contributed by atoms with Crippen LogP contribution in [-0.2, 0) is 17.3 Å². The summed E-state index contributed by atoms with van der Waals surface area (Å²) < 4.78 is 27.1. The van der Waals surface area contributed by atoms with Crippen LogP contribution in [0.3, 0.4) is 0 Å². The van der Waals surface area contributed by atoms with Crippen molar-refractivity contribution in [2.45, 2.75) is 25.8 Å². The van der Waals surface area contributed by atoms with Gasteiger partial charge in [0.25, 0.3) is 0 Å². The zero-order valence-electron chi connectivity index (χ0n) is 11.2. The number of nitrogens with zero attached hydrogens (tertiary/aromatic N) is 2. The van der Waals surface area contributed by atoms with Gasteiger partial charge in [0, 0.05) is 34.9 Å². The van der Waals surface area contributed by atoms with Crippen LogP contribution in [0.5, 0.6) is 0 Å². The molecule has 0 spiro atoms. The van der Waals surface area contributed by atoms with Crippen molar-refractivity contribution >= 4 is 45.0 Å². The highest BCUT2D eigenvalue weighted by Crippen LogP contribution is 2.28. The third-order valence-corrected chi connectivity index (χ3v) is 4.81. The molecule has 0 aliphatic carbocycles. The van der Waals surface area contributed by atoms with E-state index in [0.29, 0.717) is 34.9 Å². The number of aryl methyl sites for hydroxylation is 1. The van der Waals surface area contributed by atoms with Gasteiger partial charge in [0.1, 0.15) is 11.6 Å². The van der Waals surface area contributed by atoms with Crippen molar-refractivity contribution in [2.75, 3.05) is 11.5 Å². The Balaban J connectivity index is 2.50. The molecule has 1 aromatic carbocycles. The van der Waals surface area contributed by atoms with Crippen molar-refractivity contribution in [3.05, 3.63) is 28.8 Å². The van der Waals surface area contributed by atoms with Crippen molar-refractivity contribution in [1.82, 2.24) is 9.55 Å². The Labute approximate surface area is 129 Å². The second-order valence-electron chi connectivity index (χ2n) is 4.43. The summed E-state index contributed by atoms with van der Waals surface area (Å²) in [5.41, 5.74) is 1.23. The smallest absolute Gasteiger partial charge is 0.144 e. The van der Waals surface area contributed by atoms with Crippen molar-refractivity contribution < 1.29 is 8.60 Å². The van der Waals surface area contributed by atoms with Crippen molar-refractivity contribution in [2.24, 2.45) is 0 Å². The summed E-state index contributed by atoms with van der Waals surface area (Å²) in [6, 6.07) is 2.84. The van der Waals surface area contributed by atoms with E-state index < -0.39 is 16.6 Å². The number of benzene rings is 1. The first-order valence-electron chi connectivity index (χ1n) is 6.28. The Hall–Kier alpha value is -0.650. The van der Waals surface area contributed by atoms with Crippen LogP contribution in [0.2, 0.25) is 5.02 Å². The molecule has 7 heteroatoms. The SMILES string of the molecule is CCS(=O)CCn1c(C(C)Cl)nc2cc(Cl)c(F)cc21. The number of halogens is 3. The highest BCUT2D eigenvalue weighted by atomic mass is 35.5. The highest BCUT2D eigenvalue weighted by molar-refractivity contribution is 7.84. The lowest BCUT2D eigenvalue weighted by molar-refractivity contribution is 0.628. The van der Waals surface area contributed by atoms with Crippen LogP contribution in [0.25, 0.3) is 11.0 Å². The summed E-state index contributed by atoms with van der Waals surface area (Å²) in [5.74, 6) is 1.23. The van der Waals surface area contributed by atoms with E-state index in [2.05, 4.69) is 4.98 Å². The first kappa shape index (κ1) is 15.7. The van der Waals surface area contributed by atoms with Gasteiger partial charge < -0.3 is 4.57 Å². The maximum absolute atomic E-state index is 13.6. The van der Waals surface area contributed by atoms with Gasteiger partial charge in [0.2, 0.25) is 0 Å². The number of alkyl halides is 1. The van der Waals surface area contributed by atoms with E-state index in [1.807, 2.05) is 11.5 Å². The van der Waals surface area contributed by atoms with Crippen LogP contribution in [0.4, 0.5) is 4.39 Å². The molecular formula is C13H15Cl2FN2OS. The number of hydrogen-bond donors (Lipinski definition) is 0. The van der Waals surface area contributed by atoms with Gasteiger partial charge >= 0.3 is 0 Å². The van der Waals surface area contributed by atoms with E-state index in [9.17, 15) is 8.60 Å². The molecule has 2 rings (SSSR count). The summed E-state index contributed by atoms with van der Waals surface area (Å²) in [7, 11) is -0.897. The number of rotatable bonds is 5. The third kappa shape index (κ3) is 3.15. The molecule has 0 bridgehead atoms. The maximum Gasteiger partial charge on any atom is 0.144 e. The number of fused-ring (bicyclic) bond motifs is 1. The summed E-state index contributed by atoms with van der Waals surface area (Å²) in [5, 5.41) is -0.285. The quantitative estimate of drug-likeness (QED) is 0.776. The Morgan fingerprint density at radius 3 is 2.80 bits per heavy atom. The average Bonchev–Trinajstić information content (AvgIpc) is 2.74. The van der Waals surface area contributed by atoms with Gasteiger partial charge in [0.05, 0.1) is 21.4 Å². The Morgan fingerprint density at radius 2 is 2.20 bits per heavy atom. The van der Waals surface area contributed by atoms with Gasteiger partial charge in [0.15, 0.2) is 0 Å². The van der Waals surface area contributed by atoms with Crippen molar-refractivity contribution in [3.63, 3.8) is 0 Å². The van der Waals surface area contributed by atoms with Crippen molar-refractivity contribution in [3.8, 4) is 0 Å². The van der Waals surface area contributed by atoms with E-state index >= 15 is 0 Å². The fourth-order valence-electron chi connectivity index (χ4n) is 2.01. The largest absolute Gasteiger partial charge is 0.326 e. The number of imidazole rings is 1. The zero-order chi connectivity index (χ0) is 14.9. The van der Waals surface area contributed by atoms with Gasteiger partial charge in [-0.3, -0.25) is 4.21 Å². The summed E-state index contributed by atoms with van der Waals surface area (Å²) in [4.78, 5) is 4.40. The molecule has 110 valence electrons. The van der Waals surface area contributed by atoms with Gasteiger partial charge in [-0.25, -0.2) is 9.37 Å². The van der Waals surface area contributed by atoms with Crippen LogP contribution in [0.15, 0.2) is 12.1 Å². The molecule has 1 aromatic heterocycles. The Kier molecular flexibility index (Phi) is 5.04. The minimum absolute atomic E-state index is 0.0352. The molecule has 3 nitrogen and oxygen atoms in total. The van der Waals surface area contributed by atoms with E-state index in [-0.39, 0.29) is 10.4 Å². The summed E-state index contributed by atoms with van der Waals surface area (Å²) in [6.45, 7) is 4.16. The molecule has 0 aliphatic heterocycles. The predicted octanol–water partition coefficient (Wildman–Crippen LogP) is 3.90. The molecule has 0 fully saturated rings. The lowest BCUT2D eigenvalue weighted by Crippen LogP contribution is -2.12. The van der Waals surface area contributed by atoms with Gasteiger partial charge in [-0.2, -0.15) is 0 Å². The molecule has 0 aliphatic rings. The Bertz CT molecular complexity index is 657.